The molecule has 0 spiro atoms. The third-order valence-corrected chi connectivity index (χ3v) is 6.45. The quantitative estimate of drug-likeness (QED) is 0.228. The van der Waals surface area contributed by atoms with E-state index in [9.17, 15) is 9.59 Å². The number of Topliss-reactive ketones (excluding diaryl/α,β-unsaturated/α-hetero) is 1. The number of nitrogens with zero attached hydrogens (tertiary/aromatic N) is 2. The van der Waals surface area contributed by atoms with Gasteiger partial charge in [-0.15, -0.1) is 0 Å². The largest absolute Gasteiger partial charge is 0.347 e. The van der Waals surface area contributed by atoms with Gasteiger partial charge in [0.2, 0.25) is 5.91 Å². The van der Waals surface area contributed by atoms with Gasteiger partial charge in [-0.1, -0.05) is 68.3 Å². The SMILES string of the molecule is CCC(=O)CCCCC[C@H](NC(=O)CCn1ccc2ccccc21)c1ncc(-c2ccccc2)[nH]1. The molecule has 0 saturated heterocycles. The lowest BCUT2D eigenvalue weighted by Gasteiger charge is -2.17. The monoisotopic (exact) mass is 470 g/mol. The van der Waals surface area contributed by atoms with Crippen molar-refractivity contribution in [2.24, 2.45) is 0 Å². The zero-order valence-corrected chi connectivity index (χ0v) is 20.4. The predicted octanol–water partition coefficient (Wildman–Crippen LogP) is 6.21. The summed E-state index contributed by atoms with van der Waals surface area (Å²) in [5, 5.41) is 4.38. The molecule has 0 fully saturated rings. The van der Waals surface area contributed by atoms with Gasteiger partial charge in [0.1, 0.15) is 11.6 Å². The molecule has 6 heteroatoms. The molecule has 4 aromatic rings. The molecule has 182 valence electrons. The van der Waals surface area contributed by atoms with E-state index in [1.165, 1.54) is 5.39 Å². The highest BCUT2D eigenvalue weighted by Crippen LogP contribution is 2.23. The van der Waals surface area contributed by atoms with Gasteiger partial charge in [-0.05, 0) is 35.9 Å². The topological polar surface area (TPSA) is 79.8 Å². The van der Waals surface area contributed by atoms with Crippen molar-refractivity contribution in [1.29, 1.82) is 0 Å². The van der Waals surface area contributed by atoms with Gasteiger partial charge < -0.3 is 14.9 Å². The molecule has 0 aliphatic rings. The predicted molar refractivity (Wildman–Crippen MR) is 140 cm³/mol. The molecular formula is C29H34N4O2. The fourth-order valence-corrected chi connectivity index (χ4v) is 4.40. The number of unbranched alkanes of at least 4 members (excludes halogenated alkanes) is 2. The number of hydrogen-bond acceptors (Lipinski definition) is 3. The number of H-pyrrole nitrogens is 1. The molecule has 0 unspecified atom stereocenters. The molecule has 35 heavy (non-hydrogen) atoms. The van der Waals surface area contributed by atoms with E-state index in [2.05, 4.69) is 38.1 Å². The number of imidazole rings is 1. The van der Waals surface area contributed by atoms with E-state index in [4.69, 9.17) is 0 Å². The molecule has 0 radical (unpaired) electrons. The summed E-state index contributed by atoms with van der Waals surface area (Å²) in [5.41, 5.74) is 3.14. The summed E-state index contributed by atoms with van der Waals surface area (Å²) in [4.78, 5) is 32.6. The number of carbonyl (C=O) groups excluding carboxylic acids is 2. The molecular weight excluding hydrogens is 436 g/mol. The van der Waals surface area contributed by atoms with E-state index in [1.54, 1.807) is 0 Å². The van der Waals surface area contributed by atoms with Crippen molar-refractivity contribution in [2.45, 2.75) is 64.5 Å². The van der Waals surface area contributed by atoms with Crippen LogP contribution < -0.4 is 5.32 Å². The van der Waals surface area contributed by atoms with E-state index in [1.807, 2.05) is 61.8 Å². The number of fused-ring (bicyclic) bond motifs is 1. The molecule has 0 saturated carbocycles. The maximum atomic E-state index is 12.9. The van der Waals surface area contributed by atoms with Crippen LogP contribution in [0.3, 0.4) is 0 Å². The Hall–Kier alpha value is -3.67. The minimum Gasteiger partial charge on any atom is -0.347 e. The second-order valence-corrected chi connectivity index (χ2v) is 8.98. The van der Waals surface area contributed by atoms with Crippen LogP contribution in [0.15, 0.2) is 73.1 Å². The molecule has 1 amide bonds. The summed E-state index contributed by atoms with van der Waals surface area (Å²) in [6.45, 7) is 2.53. The van der Waals surface area contributed by atoms with Crippen LogP contribution in [0.5, 0.6) is 0 Å². The number of carbonyl (C=O) groups is 2. The third kappa shape index (κ3) is 6.69. The van der Waals surface area contributed by atoms with Gasteiger partial charge in [-0.25, -0.2) is 4.98 Å². The maximum Gasteiger partial charge on any atom is 0.222 e. The molecule has 4 rings (SSSR count). The van der Waals surface area contributed by atoms with E-state index in [0.717, 1.165) is 48.3 Å². The molecule has 0 bridgehead atoms. The molecule has 0 aliphatic heterocycles. The van der Waals surface area contributed by atoms with Gasteiger partial charge in [-0.3, -0.25) is 9.59 Å². The summed E-state index contributed by atoms with van der Waals surface area (Å²) in [6, 6.07) is 20.1. The average Bonchev–Trinajstić information content (AvgIpc) is 3.55. The van der Waals surface area contributed by atoms with E-state index in [-0.39, 0.29) is 11.9 Å². The molecule has 1 atom stereocenters. The van der Waals surface area contributed by atoms with Gasteiger partial charge in [0.25, 0.3) is 0 Å². The molecule has 2 heterocycles. The summed E-state index contributed by atoms with van der Waals surface area (Å²) in [6.07, 6.45) is 9.04. The Bertz CT molecular complexity index is 1240. The van der Waals surface area contributed by atoms with Crippen molar-refractivity contribution in [1.82, 2.24) is 19.9 Å². The number of para-hydroxylation sites is 1. The Morgan fingerprint density at radius 3 is 2.60 bits per heavy atom. The summed E-state index contributed by atoms with van der Waals surface area (Å²) < 4.78 is 2.12. The third-order valence-electron chi connectivity index (χ3n) is 6.45. The second kappa shape index (κ2) is 12.2. The molecule has 0 aliphatic carbocycles. The highest BCUT2D eigenvalue weighted by molar-refractivity contribution is 5.81. The first-order valence-electron chi connectivity index (χ1n) is 12.6. The fourth-order valence-electron chi connectivity index (χ4n) is 4.40. The van der Waals surface area contributed by atoms with Crippen LogP contribution in [-0.4, -0.2) is 26.2 Å². The first kappa shape index (κ1) is 24.5. The highest BCUT2D eigenvalue weighted by Gasteiger charge is 2.18. The van der Waals surface area contributed by atoms with Crippen LogP contribution in [0.1, 0.15) is 63.7 Å². The smallest absolute Gasteiger partial charge is 0.222 e. The van der Waals surface area contributed by atoms with E-state index >= 15 is 0 Å². The summed E-state index contributed by atoms with van der Waals surface area (Å²) >= 11 is 0. The number of hydrogen-bond donors (Lipinski definition) is 2. The Labute approximate surface area is 206 Å². The zero-order valence-electron chi connectivity index (χ0n) is 20.4. The average molecular weight is 471 g/mol. The van der Waals surface area contributed by atoms with Gasteiger partial charge in [0.15, 0.2) is 0 Å². The van der Waals surface area contributed by atoms with Crippen LogP contribution in [0.4, 0.5) is 0 Å². The van der Waals surface area contributed by atoms with Gasteiger partial charge in [0.05, 0.1) is 17.9 Å². The summed E-state index contributed by atoms with van der Waals surface area (Å²) in [5.74, 6) is 1.09. The number of nitrogens with one attached hydrogen (secondary N) is 2. The van der Waals surface area contributed by atoms with Crippen LogP contribution in [0.2, 0.25) is 0 Å². The summed E-state index contributed by atoms with van der Waals surface area (Å²) in [7, 11) is 0. The zero-order chi connectivity index (χ0) is 24.5. The van der Waals surface area contributed by atoms with Crippen LogP contribution in [-0.2, 0) is 16.1 Å². The van der Waals surface area contributed by atoms with Crippen molar-refractivity contribution < 1.29 is 9.59 Å². The lowest BCUT2D eigenvalue weighted by molar-refractivity contribution is -0.122. The number of rotatable bonds is 13. The Balaban J connectivity index is 1.39. The van der Waals surface area contributed by atoms with Crippen molar-refractivity contribution in [3.05, 3.63) is 78.9 Å². The second-order valence-electron chi connectivity index (χ2n) is 8.98. The van der Waals surface area contributed by atoms with Crippen molar-refractivity contribution in [2.75, 3.05) is 0 Å². The van der Waals surface area contributed by atoms with Gasteiger partial charge in [-0.2, -0.15) is 0 Å². The fraction of sp³-hybridized carbons (Fsp3) is 0.345. The maximum absolute atomic E-state index is 12.9. The normalized spacial score (nSPS) is 12.0. The minimum atomic E-state index is -0.191. The van der Waals surface area contributed by atoms with E-state index in [0.29, 0.717) is 31.6 Å². The number of benzene rings is 2. The van der Waals surface area contributed by atoms with Crippen LogP contribution in [0, 0.1) is 0 Å². The van der Waals surface area contributed by atoms with Crippen LogP contribution >= 0.6 is 0 Å². The van der Waals surface area contributed by atoms with Crippen LogP contribution in [0.25, 0.3) is 22.2 Å². The Morgan fingerprint density at radius 2 is 1.77 bits per heavy atom. The molecule has 6 nitrogen and oxygen atoms in total. The highest BCUT2D eigenvalue weighted by atomic mass is 16.1. The number of aromatic nitrogens is 3. The number of amides is 1. The van der Waals surface area contributed by atoms with Gasteiger partial charge >= 0.3 is 0 Å². The Kier molecular flexibility index (Phi) is 8.49. The lowest BCUT2D eigenvalue weighted by atomic mass is 10.0. The Morgan fingerprint density at radius 1 is 0.971 bits per heavy atom. The number of aromatic amines is 1. The minimum absolute atomic E-state index is 0.00611. The number of aryl methyl sites for hydroxylation is 1. The van der Waals surface area contributed by atoms with Gasteiger partial charge in [0, 0.05) is 37.5 Å². The number of ketones is 1. The molecule has 2 N–H and O–H groups in total. The van der Waals surface area contributed by atoms with Crippen molar-refractivity contribution in [3.8, 4) is 11.3 Å². The first-order valence-corrected chi connectivity index (χ1v) is 12.6. The molecule has 2 aromatic heterocycles. The first-order chi connectivity index (χ1) is 17.1. The lowest BCUT2D eigenvalue weighted by Crippen LogP contribution is -2.30. The molecule has 2 aromatic carbocycles. The van der Waals surface area contributed by atoms with E-state index < -0.39 is 0 Å². The van der Waals surface area contributed by atoms with Crippen molar-refractivity contribution >= 4 is 22.6 Å². The standard InChI is InChI=1S/C29H34N4O2/c1-2-24(34)14-7-4-8-15-25(29-30-21-26(32-29)22-11-5-3-6-12-22)31-28(35)18-20-33-19-17-23-13-9-10-16-27(23)33/h3,5-6,9-13,16-17,19,21,25H,2,4,7-8,14-15,18,20H2,1H3,(H,30,32)(H,31,35)/t25-/m0/s1. The van der Waals surface area contributed by atoms with Crippen molar-refractivity contribution in [3.63, 3.8) is 0 Å².